The van der Waals surface area contributed by atoms with Crippen molar-refractivity contribution < 1.29 is 13.2 Å². The van der Waals surface area contributed by atoms with Gasteiger partial charge in [-0.2, -0.15) is 5.26 Å². The van der Waals surface area contributed by atoms with Crippen molar-refractivity contribution in [3.05, 3.63) is 0 Å². The molecule has 2 rings (SSSR count). The van der Waals surface area contributed by atoms with E-state index in [0.29, 0.717) is 32.2 Å². The summed E-state index contributed by atoms with van der Waals surface area (Å²) in [5, 5.41) is 8.87. The van der Waals surface area contributed by atoms with Crippen LogP contribution in [0.1, 0.15) is 12.8 Å². The van der Waals surface area contributed by atoms with E-state index in [0.717, 1.165) is 25.9 Å². The Kier molecular flexibility index (Phi) is 4.79. The lowest BCUT2D eigenvalue weighted by Gasteiger charge is -2.36. The summed E-state index contributed by atoms with van der Waals surface area (Å²) in [4.78, 5) is 2.22. The van der Waals surface area contributed by atoms with Crippen molar-refractivity contribution in [3.8, 4) is 6.07 Å². The second-order valence-electron chi connectivity index (χ2n) is 5.38. The third-order valence-electron chi connectivity index (χ3n) is 3.76. The highest BCUT2D eigenvalue weighted by atomic mass is 32.2. The molecule has 0 bridgehead atoms. The van der Waals surface area contributed by atoms with Gasteiger partial charge in [0.2, 0.25) is 10.0 Å². The van der Waals surface area contributed by atoms with Gasteiger partial charge in [-0.15, -0.1) is 0 Å². The van der Waals surface area contributed by atoms with Crippen LogP contribution >= 0.6 is 0 Å². The SMILES string of the molecule is CS(=O)(=O)N1CCCC(CN2CCOC(C#N)C2)C1. The second kappa shape index (κ2) is 6.18. The van der Waals surface area contributed by atoms with Gasteiger partial charge in [-0.05, 0) is 18.8 Å². The third kappa shape index (κ3) is 4.14. The predicted molar refractivity (Wildman–Crippen MR) is 70.9 cm³/mol. The molecule has 7 heteroatoms. The Bertz CT molecular complexity index is 446. The minimum Gasteiger partial charge on any atom is -0.361 e. The van der Waals surface area contributed by atoms with Crippen LogP contribution in [0.3, 0.4) is 0 Å². The zero-order valence-electron chi connectivity index (χ0n) is 11.3. The van der Waals surface area contributed by atoms with Crippen molar-refractivity contribution in [3.63, 3.8) is 0 Å². The number of morpholine rings is 1. The van der Waals surface area contributed by atoms with Gasteiger partial charge in [0.15, 0.2) is 6.10 Å². The maximum Gasteiger partial charge on any atom is 0.211 e. The van der Waals surface area contributed by atoms with Crippen LogP contribution in [0.4, 0.5) is 0 Å². The van der Waals surface area contributed by atoms with Gasteiger partial charge in [0.25, 0.3) is 0 Å². The van der Waals surface area contributed by atoms with Gasteiger partial charge in [-0.25, -0.2) is 12.7 Å². The van der Waals surface area contributed by atoms with Gasteiger partial charge < -0.3 is 4.74 Å². The minimum absolute atomic E-state index is 0.344. The molecule has 0 aromatic rings. The molecule has 2 atom stereocenters. The minimum atomic E-state index is -3.08. The van der Waals surface area contributed by atoms with Crippen LogP contribution in [0.15, 0.2) is 0 Å². The molecular weight excluding hydrogens is 266 g/mol. The van der Waals surface area contributed by atoms with Crippen LogP contribution in [0.2, 0.25) is 0 Å². The molecule has 2 unspecified atom stereocenters. The first-order valence-electron chi connectivity index (χ1n) is 6.67. The summed E-state index contributed by atoms with van der Waals surface area (Å²) in [5.74, 6) is 0.362. The van der Waals surface area contributed by atoms with Crippen molar-refractivity contribution in [1.29, 1.82) is 5.26 Å². The Hall–Kier alpha value is -0.680. The van der Waals surface area contributed by atoms with Crippen LogP contribution in [-0.4, -0.2) is 69.3 Å². The molecule has 2 heterocycles. The van der Waals surface area contributed by atoms with E-state index in [1.54, 1.807) is 4.31 Å². The van der Waals surface area contributed by atoms with E-state index in [-0.39, 0.29) is 6.10 Å². The van der Waals surface area contributed by atoms with E-state index in [1.807, 2.05) is 0 Å². The molecule has 2 aliphatic rings. The fourth-order valence-corrected chi connectivity index (χ4v) is 3.73. The van der Waals surface area contributed by atoms with Gasteiger partial charge in [0, 0.05) is 32.7 Å². The van der Waals surface area contributed by atoms with Crippen LogP contribution in [-0.2, 0) is 14.8 Å². The topological polar surface area (TPSA) is 73.6 Å². The smallest absolute Gasteiger partial charge is 0.211 e. The molecule has 2 saturated heterocycles. The average Bonchev–Trinajstić information content (AvgIpc) is 2.38. The first-order valence-corrected chi connectivity index (χ1v) is 8.52. The Morgan fingerprint density at radius 3 is 2.84 bits per heavy atom. The summed E-state index contributed by atoms with van der Waals surface area (Å²) in [6.45, 7) is 4.14. The molecule has 108 valence electrons. The number of nitrogens with zero attached hydrogens (tertiary/aromatic N) is 3. The first kappa shape index (κ1) is 14.7. The summed E-state index contributed by atoms with van der Waals surface area (Å²) in [6, 6.07) is 2.13. The van der Waals surface area contributed by atoms with Crippen molar-refractivity contribution in [2.45, 2.75) is 18.9 Å². The highest BCUT2D eigenvalue weighted by Gasteiger charge is 2.28. The standard InChI is InChI=1S/C12H21N3O3S/c1-19(16,17)15-4-2-3-11(9-15)8-14-5-6-18-12(7-13)10-14/h11-12H,2-6,8-10H2,1H3. The molecule has 0 radical (unpaired) electrons. The summed E-state index contributed by atoms with van der Waals surface area (Å²) < 4.78 is 30.0. The Morgan fingerprint density at radius 1 is 1.37 bits per heavy atom. The van der Waals surface area contributed by atoms with Crippen molar-refractivity contribution >= 4 is 10.0 Å². The quantitative estimate of drug-likeness (QED) is 0.723. The fourth-order valence-electron chi connectivity index (χ4n) is 2.79. The molecule has 19 heavy (non-hydrogen) atoms. The Morgan fingerprint density at radius 2 is 2.16 bits per heavy atom. The highest BCUT2D eigenvalue weighted by molar-refractivity contribution is 7.88. The Labute approximate surface area is 115 Å². The molecule has 6 nitrogen and oxygen atoms in total. The molecule has 0 saturated carbocycles. The molecule has 0 spiro atoms. The zero-order chi connectivity index (χ0) is 13.9. The summed E-state index contributed by atoms with van der Waals surface area (Å²) in [6.07, 6.45) is 2.91. The van der Waals surface area contributed by atoms with Gasteiger partial charge in [-0.1, -0.05) is 0 Å². The molecule has 2 fully saturated rings. The van der Waals surface area contributed by atoms with E-state index in [4.69, 9.17) is 10.00 Å². The number of rotatable bonds is 3. The number of piperidine rings is 1. The van der Waals surface area contributed by atoms with Gasteiger partial charge >= 0.3 is 0 Å². The van der Waals surface area contributed by atoms with E-state index >= 15 is 0 Å². The predicted octanol–water partition coefficient (Wildman–Crippen LogP) is -0.118. The van der Waals surface area contributed by atoms with Crippen molar-refractivity contribution in [2.24, 2.45) is 5.92 Å². The largest absolute Gasteiger partial charge is 0.361 e. The molecule has 2 aliphatic heterocycles. The van der Waals surface area contributed by atoms with Gasteiger partial charge in [0.1, 0.15) is 0 Å². The summed E-state index contributed by atoms with van der Waals surface area (Å²) >= 11 is 0. The van der Waals surface area contributed by atoms with Crippen LogP contribution in [0.25, 0.3) is 0 Å². The zero-order valence-corrected chi connectivity index (χ0v) is 12.1. The first-order chi connectivity index (χ1) is 8.99. The lowest BCUT2D eigenvalue weighted by molar-refractivity contribution is -0.00772. The third-order valence-corrected chi connectivity index (χ3v) is 5.03. The number of ether oxygens (including phenoxy) is 1. The number of sulfonamides is 1. The molecule has 0 aromatic carbocycles. The maximum absolute atomic E-state index is 11.6. The molecule has 0 aromatic heterocycles. The number of hydrogen-bond acceptors (Lipinski definition) is 5. The van der Waals surface area contributed by atoms with E-state index in [1.165, 1.54) is 6.26 Å². The van der Waals surface area contributed by atoms with Crippen molar-refractivity contribution in [2.75, 3.05) is 45.6 Å². The average molecular weight is 287 g/mol. The van der Waals surface area contributed by atoms with Crippen molar-refractivity contribution in [1.82, 2.24) is 9.21 Å². The molecule has 0 aliphatic carbocycles. The van der Waals surface area contributed by atoms with E-state index in [9.17, 15) is 8.42 Å². The lowest BCUT2D eigenvalue weighted by Crippen LogP contribution is -2.47. The Balaban J connectivity index is 1.87. The van der Waals surface area contributed by atoms with Crippen LogP contribution < -0.4 is 0 Å². The lowest BCUT2D eigenvalue weighted by atomic mass is 9.98. The highest BCUT2D eigenvalue weighted by Crippen LogP contribution is 2.20. The fraction of sp³-hybridized carbons (Fsp3) is 0.917. The number of hydrogen-bond donors (Lipinski definition) is 0. The summed E-state index contributed by atoms with van der Waals surface area (Å²) in [5.41, 5.74) is 0. The van der Waals surface area contributed by atoms with E-state index < -0.39 is 10.0 Å². The monoisotopic (exact) mass is 287 g/mol. The molecular formula is C12H21N3O3S. The molecule has 0 amide bonds. The van der Waals surface area contributed by atoms with Gasteiger partial charge in [-0.3, -0.25) is 4.90 Å². The van der Waals surface area contributed by atoms with Gasteiger partial charge in [0.05, 0.1) is 18.9 Å². The number of nitriles is 1. The summed E-state index contributed by atoms with van der Waals surface area (Å²) in [7, 11) is -3.08. The van der Waals surface area contributed by atoms with E-state index in [2.05, 4.69) is 11.0 Å². The molecule has 0 N–H and O–H groups in total. The normalized spacial score (nSPS) is 30.9. The van der Waals surface area contributed by atoms with Crippen LogP contribution in [0, 0.1) is 17.2 Å². The maximum atomic E-state index is 11.6. The second-order valence-corrected chi connectivity index (χ2v) is 7.36. The van der Waals surface area contributed by atoms with Crippen LogP contribution in [0.5, 0.6) is 0 Å².